The molecule has 22 rings (SSSR count). The van der Waals surface area contributed by atoms with Gasteiger partial charge < -0.3 is 27.4 Å². The minimum Gasteiger partial charge on any atom is -0.309 e. The first-order chi connectivity index (χ1) is 50.6. The van der Waals surface area contributed by atoms with E-state index in [2.05, 4.69) is 373 Å². The van der Waals surface area contributed by atoms with Gasteiger partial charge in [0.2, 0.25) is 0 Å². The van der Waals surface area contributed by atoms with Crippen LogP contribution in [0, 0.1) is 0 Å². The highest BCUT2D eigenvalue weighted by atomic mass is 15.1. The van der Waals surface area contributed by atoms with Gasteiger partial charge >= 0.3 is 0 Å². The van der Waals surface area contributed by atoms with Crippen LogP contribution in [0.2, 0.25) is 0 Å². The van der Waals surface area contributed by atoms with Crippen LogP contribution < -0.4 is 0 Å². The molecule has 15 aromatic carbocycles. The van der Waals surface area contributed by atoms with Crippen molar-refractivity contribution in [1.82, 2.24) is 42.4 Å². The summed E-state index contributed by atoms with van der Waals surface area (Å²) in [5.41, 5.74) is 22.6. The first-order valence-corrected chi connectivity index (χ1v) is 34.8. The molecule has 0 aliphatic rings. The predicted octanol–water partition coefficient (Wildman–Crippen LogP) is 23.5. The lowest BCUT2D eigenvalue weighted by Gasteiger charge is -2.14. The Morgan fingerprint density at radius 3 is 0.676 bits per heavy atom. The van der Waals surface area contributed by atoms with E-state index in [1.54, 1.807) is 0 Å². The van der Waals surface area contributed by atoms with E-state index in [0.29, 0.717) is 17.5 Å². The van der Waals surface area contributed by atoms with Gasteiger partial charge in [0.25, 0.3) is 0 Å². The molecule has 7 aromatic heterocycles. The maximum absolute atomic E-state index is 5.59. The topological polar surface area (TPSA) is 68.2 Å². The van der Waals surface area contributed by atoms with E-state index in [-0.39, 0.29) is 0 Å². The molecule has 102 heavy (non-hydrogen) atoms. The fourth-order valence-corrected chi connectivity index (χ4v) is 17.0. The molecule has 474 valence electrons. The number of fused-ring (bicyclic) bond motifs is 21. The zero-order valence-corrected chi connectivity index (χ0v) is 54.9. The predicted molar refractivity (Wildman–Crippen MR) is 422 cm³/mol. The van der Waals surface area contributed by atoms with Crippen molar-refractivity contribution in [2.24, 2.45) is 0 Å². The van der Waals surface area contributed by atoms with Gasteiger partial charge in [0.1, 0.15) is 0 Å². The fraction of sp³-hybridized carbons (Fsp3) is 0. The summed E-state index contributed by atoms with van der Waals surface area (Å²) in [6, 6.07) is 125. The summed E-state index contributed by atoms with van der Waals surface area (Å²) < 4.78 is 14.6. The lowest BCUT2D eigenvalue weighted by molar-refractivity contribution is 1.07. The van der Waals surface area contributed by atoms with Crippen molar-refractivity contribution < 1.29 is 0 Å². The highest BCUT2D eigenvalue weighted by Crippen LogP contribution is 2.47. The third-order valence-electron chi connectivity index (χ3n) is 21.2. The third kappa shape index (κ3) is 8.12. The molecule has 0 unspecified atom stereocenters. The maximum Gasteiger partial charge on any atom is 0.164 e. The first kappa shape index (κ1) is 56.2. The van der Waals surface area contributed by atoms with Gasteiger partial charge in [-0.05, 0) is 127 Å². The van der Waals surface area contributed by atoms with Crippen molar-refractivity contribution in [3.05, 3.63) is 346 Å². The molecule has 0 saturated carbocycles. The van der Waals surface area contributed by atoms with Crippen molar-refractivity contribution in [3.8, 4) is 68.3 Å². The van der Waals surface area contributed by atoms with E-state index in [1.807, 2.05) is 0 Å². The third-order valence-corrected chi connectivity index (χ3v) is 21.2. The molecule has 0 aliphatic carbocycles. The largest absolute Gasteiger partial charge is 0.309 e. The number of hydrogen-bond donors (Lipinski definition) is 0. The molecule has 0 amide bonds. The van der Waals surface area contributed by atoms with Crippen LogP contribution in [0.15, 0.2) is 346 Å². The summed E-state index contributed by atoms with van der Waals surface area (Å²) in [6.07, 6.45) is 0. The van der Waals surface area contributed by atoms with Crippen molar-refractivity contribution in [2.45, 2.75) is 0 Å². The molecular formula is C93H57N9. The molecule has 0 atom stereocenters. The minimum absolute atomic E-state index is 0.556. The zero-order valence-electron chi connectivity index (χ0n) is 54.9. The lowest BCUT2D eigenvalue weighted by atomic mass is 10.1. The summed E-state index contributed by atoms with van der Waals surface area (Å²) in [7, 11) is 0. The van der Waals surface area contributed by atoms with E-state index in [1.165, 1.54) is 97.7 Å². The van der Waals surface area contributed by atoms with E-state index in [4.69, 9.17) is 15.0 Å². The van der Waals surface area contributed by atoms with Crippen LogP contribution in [0.4, 0.5) is 0 Å². The van der Waals surface area contributed by atoms with E-state index in [9.17, 15) is 0 Å². The molecule has 22 aromatic rings. The monoisotopic (exact) mass is 1300 g/mol. The van der Waals surface area contributed by atoms with Gasteiger partial charge in [-0.2, -0.15) is 0 Å². The molecule has 0 saturated heterocycles. The van der Waals surface area contributed by atoms with Gasteiger partial charge in [0, 0.05) is 115 Å². The molecule has 0 N–H and O–H groups in total. The number of benzene rings is 15. The molecule has 0 fully saturated rings. The lowest BCUT2D eigenvalue weighted by Crippen LogP contribution is -2.02. The highest BCUT2D eigenvalue weighted by molar-refractivity contribution is 6.29. The van der Waals surface area contributed by atoms with Crippen LogP contribution in [0.3, 0.4) is 0 Å². The Morgan fingerprint density at radius 2 is 0.392 bits per heavy atom. The molecular weight excluding hydrogens is 1240 g/mol. The Bertz CT molecular complexity index is 6550. The van der Waals surface area contributed by atoms with Crippen molar-refractivity contribution in [3.63, 3.8) is 0 Å². The molecule has 0 spiro atoms. The van der Waals surface area contributed by atoms with E-state index < -0.39 is 0 Å². The maximum atomic E-state index is 5.59. The van der Waals surface area contributed by atoms with Crippen LogP contribution in [0.5, 0.6) is 0 Å². The number of hydrogen-bond acceptors (Lipinski definition) is 3. The number of nitrogens with zero attached hydrogens (tertiary/aromatic N) is 9. The van der Waals surface area contributed by atoms with Crippen LogP contribution in [0.1, 0.15) is 0 Å². The van der Waals surface area contributed by atoms with Gasteiger partial charge in [0.15, 0.2) is 17.5 Å². The smallest absolute Gasteiger partial charge is 0.164 e. The Labute approximate surface area is 583 Å². The Balaban J connectivity index is 0.758. The van der Waals surface area contributed by atoms with Gasteiger partial charge in [-0.3, -0.25) is 0 Å². The SMILES string of the molecule is c1ccc(-n2c3ccccc3c3ccc4c(c5ccccc5n4-c4cccc(-c5nc(-c6cccc(-n7c8ccccc8c8c7ccc7c9ccccc9n(-c9ccccc9)c78)c6)nc(-c6cccc(-n7c8ccccc8c8c7ccc7c9ccccc9n(-c9ccccc9)c78)c6)n5)c4)c32)cc1. The van der Waals surface area contributed by atoms with Gasteiger partial charge in [-0.25, -0.2) is 15.0 Å². The van der Waals surface area contributed by atoms with E-state index >= 15 is 0 Å². The Morgan fingerprint density at radius 1 is 0.157 bits per heavy atom. The molecule has 7 heterocycles. The zero-order chi connectivity index (χ0) is 66.7. The Kier molecular flexibility index (Phi) is 12.0. The average molecular weight is 1300 g/mol. The second kappa shape index (κ2) is 21.8. The Hall–Kier alpha value is -13.9. The minimum atomic E-state index is 0.556. The van der Waals surface area contributed by atoms with Gasteiger partial charge in [-0.1, -0.05) is 218 Å². The summed E-state index contributed by atoms with van der Waals surface area (Å²) in [5, 5.41) is 14.4. The second-order valence-corrected chi connectivity index (χ2v) is 26.6. The molecule has 0 aliphatic heterocycles. The van der Waals surface area contributed by atoms with E-state index in [0.717, 1.165) is 83.9 Å². The number of rotatable bonds is 9. The highest BCUT2D eigenvalue weighted by Gasteiger charge is 2.26. The van der Waals surface area contributed by atoms with Gasteiger partial charge in [-0.15, -0.1) is 0 Å². The molecule has 9 heteroatoms. The summed E-state index contributed by atoms with van der Waals surface area (Å²) in [4.78, 5) is 16.8. The van der Waals surface area contributed by atoms with Crippen LogP contribution >= 0.6 is 0 Å². The first-order valence-electron chi connectivity index (χ1n) is 34.8. The van der Waals surface area contributed by atoms with Crippen molar-refractivity contribution >= 4 is 131 Å². The second-order valence-electron chi connectivity index (χ2n) is 26.6. The normalized spacial score (nSPS) is 12.1. The van der Waals surface area contributed by atoms with Crippen LogP contribution in [-0.2, 0) is 0 Å². The molecule has 9 nitrogen and oxygen atoms in total. The fourth-order valence-electron chi connectivity index (χ4n) is 17.0. The summed E-state index contributed by atoms with van der Waals surface area (Å²) in [5.74, 6) is 1.67. The summed E-state index contributed by atoms with van der Waals surface area (Å²) >= 11 is 0. The summed E-state index contributed by atoms with van der Waals surface area (Å²) in [6.45, 7) is 0. The molecule has 0 radical (unpaired) electrons. The van der Waals surface area contributed by atoms with Gasteiger partial charge in [0.05, 0.1) is 66.2 Å². The van der Waals surface area contributed by atoms with Crippen molar-refractivity contribution in [2.75, 3.05) is 0 Å². The quantitative estimate of drug-likeness (QED) is 0.145. The number of aromatic nitrogens is 9. The van der Waals surface area contributed by atoms with Crippen LogP contribution in [0.25, 0.3) is 199 Å². The molecule has 0 bridgehead atoms. The van der Waals surface area contributed by atoms with Crippen molar-refractivity contribution in [1.29, 1.82) is 0 Å². The number of para-hydroxylation sites is 9. The average Bonchev–Trinajstić information content (AvgIpc) is 1.56. The standard InChI is InChI=1S/C93H57N9/c1-4-28-61(29-5-1)100-76-43-16-10-37-67(76)70-49-52-82-85(88(70)100)73-40-13-19-46-79(73)97(82)64-34-22-25-58(55-64)91-94-92(59-26-23-35-65(56-59)98-80-47-20-14-41-74(80)86-83(98)53-50-71-68-38-11-17-44-77(68)101(89(71)86)62-30-6-2-7-31-62)96-93(95-91)60-27-24-36-66(57-60)99-81-48-21-15-42-75(81)87-84(99)54-51-72-69-39-12-18-45-78(69)102(90(72)87)63-32-8-3-9-33-63/h1-57H. The van der Waals surface area contributed by atoms with Crippen LogP contribution in [-0.4, -0.2) is 42.4 Å².